The topological polar surface area (TPSA) is 95.9 Å². The van der Waals surface area contributed by atoms with Crippen molar-refractivity contribution in [2.45, 2.75) is 296 Å². The van der Waals surface area contributed by atoms with E-state index < -0.39 is 18.2 Å². The lowest BCUT2D eigenvalue weighted by Crippen LogP contribution is -2.46. The first kappa shape index (κ1) is 64.3. The van der Waals surface area contributed by atoms with Gasteiger partial charge >= 0.3 is 5.97 Å². The molecule has 1 amide bonds. The molecule has 0 spiro atoms. The van der Waals surface area contributed by atoms with Crippen molar-refractivity contribution >= 4 is 11.9 Å². The van der Waals surface area contributed by atoms with Gasteiger partial charge in [0.05, 0.1) is 25.2 Å². The molecule has 0 aromatic heterocycles. The summed E-state index contributed by atoms with van der Waals surface area (Å²) in [6.07, 6.45) is 69.6. The lowest BCUT2D eigenvalue weighted by atomic mass is 10.0. The summed E-state index contributed by atoms with van der Waals surface area (Å²) in [6.45, 7) is 6.43. The standard InChI is InChI=1S/C61H109NO5/c1-4-7-10-13-16-19-22-25-28-30-32-34-37-40-43-46-49-52-57(67-61(66)54-51-48-45-42-39-36-33-31-29-26-23-20-17-14-11-8-5-2)55-60(65)62-58(56-63)59(64)53-50-47-44-41-38-35-27-24-21-18-15-12-9-6-3/h16-17,19-20,25-26,28-29,32-34,36,57-59,63-64H,4-15,18,21-24,27,30-31,35,37-56H2,1-3H3,(H,62,65)/b19-16-,20-17-,28-25-,29-26-,34-32-,36-33-. The summed E-state index contributed by atoms with van der Waals surface area (Å²) in [5.41, 5.74) is 0. The van der Waals surface area contributed by atoms with Crippen molar-refractivity contribution in [2.24, 2.45) is 0 Å². The molecule has 0 aliphatic heterocycles. The fourth-order valence-electron chi connectivity index (χ4n) is 8.39. The highest BCUT2D eigenvalue weighted by Crippen LogP contribution is 2.18. The average molecular weight is 937 g/mol. The maximum atomic E-state index is 13.3. The SMILES string of the molecule is CCCCC/C=C\C/C=C\C/C=C\CCCCCCC(=O)OC(CCCCCC/C=C\C/C=C\C/C=C\CCCCC)CC(=O)NC(CO)C(O)CCCCCCCCCCCCCCCC. The number of rotatable bonds is 51. The van der Waals surface area contributed by atoms with Crippen LogP contribution >= 0.6 is 0 Å². The fourth-order valence-corrected chi connectivity index (χ4v) is 8.39. The minimum Gasteiger partial charge on any atom is -0.462 e. The Hall–Kier alpha value is -2.70. The van der Waals surface area contributed by atoms with E-state index in [4.69, 9.17) is 4.74 Å². The first-order chi connectivity index (χ1) is 33.0. The Morgan fingerprint density at radius 3 is 1.18 bits per heavy atom. The lowest BCUT2D eigenvalue weighted by Gasteiger charge is -2.24. The van der Waals surface area contributed by atoms with Gasteiger partial charge in [-0.05, 0) is 103 Å². The van der Waals surface area contributed by atoms with Crippen LogP contribution in [-0.2, 0) is 14.3 Å². The van der Waals surface area contributed by atoms with Crippen LogP contribution < -0.4 is 5.32 Å². The second kappa shape index (κ2) is 54.2. The highest BCUT2D eigenvalue weighted by molar-refractivity contribution is 5.77. The zero-order valence-corrected chi connectivity index (χ0v) is 44.3. The largest absolute Gasteiger partial charge is 0.462 e. The summed E-state index contributed by atoms with van der Waals surface area (Å²) in [5, 5.41) is 23.9. The number of unbranched alkanes of at least 4 members (excludes halogenated alkanes) is 27. The predicted molar refractivity (Wildman–Crippen MR) is 291 cm³/mol. The van der Waals surface area contributed by atoms with Crippen LogP contribution in [0.3, 0.4) is 0 Å². The van der Waals surface area contributed by atoms with Crippen molar-refractivity contribution in [1.82, 2.24) is 5.32 Å². The van der Waals surface area contributed by atoms with E-state index in [1.165, 1.54) is 122 Å². The maximum Gasteiger partial charge on any atom is 0.306 e. The molecule has 3 atom stereocenters. The zero-order valence-electron chi connectivity index (χ0n) is 44.3. The fraction of sp³-hybridized carbons (Fsp3) is 0.770. The number of aliphatic hydroxyl groups is 2. The van der Waals surface area contributed by atoms with Crippen molar-refractivity contribution in [2.75, 3.05) is 6.61 Å². The third-order valence-electron chi connectivity index (χ3n) is 12.8. The molecule has 0 saturated heterocycles. The normalized spacial score (nSPS) is 13.7. The third kappa shape index (κ3) is 49.5. The number of nitrogens with one attached hydrogen (secondary N) is 1. The number of ether oxygens (including phenoxy) is 1. The Balaban J connectivity index is 4.67. The van der Waals surface area contributed by atoms with E-state index in [9.17, 15) is 19.8 Å². The monoisotopic (exact) mass is 936 g/mol. The van der Waals surface area contributed by atoms with Crippen molar-refractivity contribution in [1.29, 1.82) is 0 Å². The van der Waals surface area contributed by atoms with Crippen LogP contribution in [0.25, 0.3) is 0 Å². The molecule has 0 aliphatic carbocycles. The number of hydrogen-bond acceptors (Lipinski definition) is 5. The molecule has 0 radical (unpaired) electrons. The highest BCUT2D eigenvalue weighted by atomic mass is 16.5. The Morgan fingerprint density at radius 1 is 0.433 bits per heavy atom. The molecule has 6 heteroatoms. The molecule has 6 nitrogen and oxygen atoms in total. The van der Waals surface area contributed by atoms with Gasteiger partial charge in [-0.2, -0.15) is 0 Å². The van der Waals surface area contributed by atoms with Gasteiger partial charge in [0.1, 0.15) is 6.10 Å². The molecule has 0 saturated carbocycles. The van der Waals surface area contributed by atoms with E-state index in [-0.39, 0.29) is 24.9 Å². The predicted octanol–water partition coefficient (Wildman–Crippen LogP) is 17.7. The Labute approximate surface area is 415 Å². The molecule has 0 heterocycles. The number of carbonyl (C=O) groups excluding carboxylic acids is 2. The second-order valence-corrected chi connectivity index (χ2v) is 19.3. The molecule has 0 fully saturated rings. The van der Waals surface area contributed by atoms with E-state index in [2.05, 4.69) is 99.0 Å². The number of esters is 1. The van der Waals surface area contributed by atoms with Gasteiger partial charge in [-0.3, -0.25) is 9.59 Å². The second-order valence-electron chi connectivity index (χ2n) is 19.3. The third-order valence-corrected chi connectivity index (χ3v) is 12.8. The Morgan fingerprint density at radius 2 is 0.761 bits per heavy atom. The minimum absolute atomic E-state index is 0.0516. The van der Waals surface area contributed by atoms with E-state index in [1.807, 2.05) is 0 Å². The summed E-state index contributed by atoms with van der Waals surface area (Å²) in [4.78, 5) is 26.3. The smallest absolute Gasteiger partial charge is 0.306 e. The van der Waals surface area contributed by atoms with Crippen molar-refractivity contribution in [3.8, 4) is 0 Å². The number of hydrogen-bond donors (Lipinski definition) is 3. The van der Waals surface area contributed by atoms with Crippen molar-refractivity contribution in [3.05, 3.63) is 72.9 Å². The molecule has 0 aromatic carbocycles. The Bertz CT molecular complexity index is 1230. The van der Waals surface area contributed by atoms with Gasteiger partial charge in [0.2, 0.25) is 5.91 Å². The van der Waals surface area contributed by atoms with Gasteiger partial charge in [0.25, 0.3) is 0 Å². The summed E-state index contributed by atoms with van der Waals surface area (Å²) in [5.74, 6) is -0.517. The summed E-state index contributed by atoms with van der Waals surface area (Å²) in [7, 11) is 0. The molecule has 3 N–H and O–H groups in total. The molecular formula is C61H109NO5. The van der Waals surface area contributed by atoms with Crippen LogP contribution in [0, 0.1) is 0 Å². The van der Waals surface area contributed by atoms with Gasteiger partial charge in [0.15, 0.2) is 0 Å². The van der Waals surface area contributed by atoms with Crippen molar-refractivity contribution < 1.29 is 24.5 Å². The quantitative estimate of drug-likeness (QED) is 0.0321. The van der Waals surface area contributed by atoms with Crippen LogP contribution in [0.4, 0.5) is 0 Å². The molecule has 0 rings (SSSR count). The van der Waals surface area contributed by atoms with Crippen LogP contribution in [0.15, 0.2) is 72.9 Å². The summed E-state index contributed by atoms with van der Waals surface area (Å²) < 4.78 is 5.94. The van der Waals surface area contributed by atoms with Crippen LogP contribution in [0.5, 0.6) is 0 Å². The van der Waals surface area contributed by atoms with E-state index in [1.54, 1.807) is 0 Å². The van der Waals surface area contributed by atoms with Gasteiger partial charge in [0, 0.05) is 6.42 Å². The van der Waals surface area contributed by atoms with Crippen LogP contribution in [-0.4, -0.2) is 46.9 Å². The van der Waals surface area contributed by atoms with Gasteiger partial charge in [-0.25, -0.2) is 0 Å². The van der Waals surface area contributed by atoms with E-state index in [0.717, 1.165) is 109 Å². The van der Waals surface area contributed by atoms with Crippen LogP contribution in [0.1, 0.15) is 278 Å². The molecule has 0 bridgehead atoms. The van der Waals surface area contributed by atoms with Crippen LogP contribution in [0.2, 0.25) is 0 Å². The number of aliphatic hydroxyl groups excluding tert-OH is 2. The van der Waals surface area contributed by atoms with Gasteiger partial charge < -0.3 is 20.3 Å². The highest BCUT2D eigenvalue weighted by Gasteiger charge is 2.24. The Kier molecular flexibility index (Phi) is 52.1. The summed E-state index contributed by atoms with van der Waals surface area (Å²) >= 11 is 0. The van der Waals surface area contributed by atoms with E-state index in [0.29, 0.717) is 19.3 Å². The van der Waals surface area contributed by atoms with Gasteiger partial charge in [-0.15, -0.1) is 0 Å². The molecule has 0 aromatic rings. The van der Waals surface area contributed by atoms with E-state index >= 15 is 0 Å². The lowest BCUT2D eigenvalue weighted by molar-refractivity contribution is -0.151. The first-order valence-electron chi connectivity index (χ1n) is 28.7. The first-order valence-corrected chi connectivity index (χ1v) is 28.7. The number of allylic oxidation sites excluding steroid dienone is 12. The molecule has 67 heavy (non-hydrogen) atoms. The molecule has 0 aliphatic rings. The summed E-state index contributed by atoms with van der Waals surface area (Å²) in [6, 6.07) is -0.717. The number of carbonyl (C=O) groups is 2. The minimum atomic E-state index is -0.802. The number of amides is 1. The van der Waals surface area contributed by atoms with Crippen molar-refractivity contribution in [3.63, 3.8) is 0 Å². The van der Waals surface area contributed by atoms with Gasteiger partial charge in [-0.1, -0.05) is 235 Å². The molecule has 388 valence electrons. The maximum absolute atomic E-state index is 13.3. The molecule has 3 unspecified atom stereocenters. The molecular weight excluding hydrogens is 827 g/mol. The average Bonchev–Trinajstić information content (AvgIpc) is 3.32. The zero-order chi connectivity index (χ0) is 48.8.